The van der Waals surface area contributed by atoms with Gasteiger partial charge in [0.2, 0.25) is 0 Å². The van der Waals surface area contributed by atoms with Gasteiger partial charge >= 0.3 is 0 Å². The van der Waals surface area contributed by atoms with Gasteiger partial charge in [-0.25, -0.2) is 0 Å². The highest BCUT2D eigenvalue weighted by atomic mass is 15.1. The van der Waals surface area contributed by atoms with E-state index in [-0.39, 0.29) is 0 Å². The highest BCUT2D eigenvalue weighted by Crippen LogP contribution is 2.43. The van der Waals surface area contributed by atoms with Crippen molar-refractivity contribution < 1.29 is 0 Å². The minimum Gasteiger partial charge on any atom is -0.310 e. The molecule has 0 bridgehead atoms. The third kappa shape index (κ3) is 6.43. The van der Waals surface area contributed by atoms with Crippen LogP contribution in [0.3, 0.4) is 0 Å². The van der Waals surface area contributed by atoms with Crippen molar-refractivity contribution in [3.8, 4) is 44.8 Å². The minimum absolute atomic E-state index is 1.07. The number of hydrogen-bond donors (Lipinski definition) is 0. The molecule has 11 aromatic carbocycles. The van der Waals surface area contributed by atoms with Crippen molar-refractivity contribution >= 4 is 71.4 Å². The zero-order valence-electron chi connectivity index (χ0n) is 36.7. The third-order valence-corrected chi connectivity index (χ3v) is 13.5. The van der Waals surface area contributed by atoms with Gasteiger partial charge in [0.15, 0.2) is 0 Å². The molecule has 0 amide bonds. The molecule has 0 saturated heterocycles. The Morgan fingerprint density at radius 3 is 1.33 bits per heavy atom. The van der Waals surface area contributed by atoms with Crippen molar-refractivity contribution in [2.24, 2.45) is 0 Å². The third-order valence-electron chi connectivity index (χ3n) is 13.5. The van der Waals surface area contributed by atoms with Gasteiger partial charge < -0.3 is 14.0 Å². The van der Waals surface area contributed by atoms with Crippen LogP contribution in [0, 0.1) is 0 Å². The van der Waals surface area contributed by atoms with Crippen molar-refractivity contribution in [1.82, 2.24) is 9.13 Å². The van der Waals surface area contributed by atoms with Gasteiger partial charge in [-0.1, -0.05) is 176 Å². The summed E-state index contributed by atoms with van der Waals surface area (Å²) in [4.78, 5) is 2.40. The molecule has 13 aromatic rings. The fourth-order valence-electron chi connectivity index (χ4n) is 10.6. The van der Waals surface area contributed by atoms with Gasteiger partial charge in [-0.3, -0.25) is 0 Å². The maximum absolute atomic E-state index is 2.40. The second-order valence-electron chi connectivity index (χ2n) is 17.3. The van der Waals surface area contributed by atoms with Gasteiger partial charge in [-0.05, 0) is 129 Å². The Hall–Kier alpha value is -8.92. The fourth-order valence-corrected chi connectivity index (χ4v) is 10.6. The average Bonchev–Trinajstić information content (AvgIpc) is 3.93. The molecule has 314 valence electrons. The van der Waals surface area contributed by atoms with Gasteiger partial charge in [0.1, 0.15) is 0 Å². The number of aromatic nitrogens is 2. The number of nitrogens with zero attached hydrogens (tertiary/aromatic N) is 3. The minimum atomic E-state index is 1.07. The van der Waals surface area contributed by atoms with Gasteiger partial charge in [-0.2, -0.15) is 0 Å². The van der Waals surface area contributed by atoms with Crippen molar-refractivity contribution in [2.75, 3.05) is 4.90 Å². The maximum Gasteiger partial charge on any atom is 0.0547 e. The molecule has 0 atom stereocenters. The molecule has 0 radical (unpaired) electrons. The maximum atomic E-state index is 2.40. The first-order chi connectivity index (χ1) is 33.3. The number of fused-ring (bicyclic) bond motifs is 7. The van der Waals surface area contributed by atoms with Crippen LogP contribution in [0.4, 0.5) is 17.1 Å². The normalized spacial score (nSPS) is 11.6. The monoisotopic (exact) mass is 853 g/mol. The van der Waals surface area contributed by atoms with Crippen LogP contribution >= 0.6 is 0 Å². The van der Waals surface area contributed by atoms with Crippen LogP contribution in [-0.4, -0.2) is 9.13 Å². The lowest BCUT2D eigenvalue weighted by atomic mass is 9.91. The summed E-state index contributed by atoms with van der Waals surface area (Å²) in [5, 5.41) is 7.48. The van der Waals surface area contributed by atoms with Gasteiger partial charge in [-0.15, -0.1) is 0 Å². The number of para-hydroxylation sites is 4. The van der Waals surface area contributed by atoms with E-state index in [0.29, 0.717) is 0 Å². The zero-order chi connectivity index (χ0) is 44.3. The molecule has 0 spiro atoms. The molecule has 0 fully saturated rings. The van der Waals surface area contributed by atoms with E-state index in [1.165, 1.54) is 82.2 Å². The van der Waals surface area contributed by atoms with Crippen LogP contribution in [0.15, 0.2) is 261 Å². The molecular weight excluding hydrogens is 811 g/mol. The Bertz CT molecular complexity index is 3900. The lowest BCUT2D eigenvalue weighted by molar-refractivity contribution is 1.17. The molecular formula is C64H43N3. The highest BCUT2D eigenvalue weighted by Gasteiger charge is 2.20. The first-order valence-corrected chi connectivity index (χ1v) is 23.0. The zero-order valence-corrected chi connectivity index (χ0v) is 36.7. The van der Waals surface area contributed by atoms with E-state index in [0.717, 1.165) is 34.0 Å². The molecule has 3 nitrogen and oxygen atoms in total. The summed E-state index contributed by atoms with van der Waals surface area (Å²) >= 11 is 0. The predicted molar refractivity (Wildman–Crippen MR) is 284 cm³/mol. The van der Waals surface area contributed by atoms with Crippen LogP contribution in [0.1, 0.15) is 0 Å². The summed E-state index contributed by atoms with van der Waals surface area (Å²) in [7, 11) is 0. The standard InChI is InChI=1S/C64H43N3/c1-3-17-44(18-4-1)53-28-14-19-46-20-15-29-54(63(46)53)45-35-37-49(38-36-45)65(50-39-41-51(42-40-50)66-59-31-10-7-25-56(59)57-26-8-11-32-60(57)66)52-24-13-21-47(43-52)55-30-16-34-62-64(55)58-27-9-12-33-61(58)67(62)48-22-5-2-6-23-48/h1-43H. The van der Waals surface area contributed by atoms with Crippen molar-refractivity contribution in [3.63, 3.8) is 0 Å². The Kier molecular flexibility index (Phi) is 9.17. The molecule has 13 rings (SSSR count). The molecule has 2 heterocycles. The van der Waals surface area contributed by atoms with Crippen LogP contribution in [0.5, 0.6) is 0 Å². The summed E-state index contributed by atoms with van der Waals surface area (Å²) in [5.41, 5.74) is 17.5. The molecule has 3 heteroatoms. The number of benzene rings is 11. The summed E-state index contributed by atoms with van der Waals surface area (Å²) in [5.74, 6) is 0. The number of rotatable bonds is 8. The Morgan fingerprint density at radius 1 is 0.254 bits per heavy atom. The topological polar surface area (TPSA) is 13.1 Å². The van der Waals surface area contributed by atoms with E-state index in [1.807, 2.05) is 0 Å². The van der Waals surface area contributed by atoms with E-state index < -0.39 is 0 Å². The van der Waals surface area contributed by atoms with Crippen molar-refractivity contribution in [1.29, 1.82) is 0 Å². The summed E-state index contributed by atoms with van der Waals surface area (Å²) in [6.45, 7) is 0. The molecule has 0 saturated carbocycles. The Labute approximate surface area is 389 Å². The van der Waals surface area contributed by atoms with Gasteiger partial charge in [0.05, 0.1) is 22.1 Å². The van der Waals surface area contributed by atoms with Crippen LogP contribution < -0.4 is 4.90 Å². The van der Waals surface area contributed by atoms with E-state index in [9.17, 15) is 0 Å². The van der Waals surface area contributed by atoms with E-state index in [1.54, 1.807) is 0 Å². The molecule has 2 aromatic heterocycles. The first kappa shape index (κ1) is 38.5. The van der Waals surface area contributed by atoms with E-state index >= 15 is 0 Å². The molecule has 67 heavy (non-hydrogen) atoms. The number of anilines is 3. The van der Waals surface area contributed by atoms with E-state index in [2.05, 4.69) is 275 Å². The first-order valence-electron chi connectivity index (χ1n) is 23.0. The van der Waals surface area contributed by atoms with Crippen molar-refractivity contribution in [2.45, 2.75) is 0 Å². The molecule has 0 unspecified atom stereocenters. The predicted octanol–water partition coefficient (Wildman–Crippen LogP) is 17.5. The second-order valence-corrected chi connectivity index (χ2v) is 17.3. The Balaban J connectivity index is 0.969. The molecule has 0 aliphatic rings. The van der Waals surface area contributed by atoms with Crippen molar-refractivity contribution in [3.05, 3.63) is 261 Å². The summed E-state index contributed by atoms with van der Waals surface area (Å²) in [6, 6.07) is 94.9. The van der Waals surface area contributed by atoms with Crippen LogP contribution in [-0.2, 0) is 0 Å². The lowest BCUT2D eigenvalue weighted by Crippen LogP contribution is -2.10. The van der Waals surface area contributed by atoms with Crippen LogP contribution in [0.2, 0.25) is 0 Å². The lowest BCUT2D eigenvalue weighted by Gasteiger charge is -2.27. The Morgan fingerprint density at radius 2 is 0.687 bits per heavy atom. The molecule has 0 N–H and O–H groups in total. The SMILES string of the molecule is c1ccc(-c2cccc3cccc(-c4ccc(N(c5ccc(-n6c7ccccc7c7ccccc76)cc5)c5cccc(-c6cccc7c6c6ccccc6n7-c6ccccc6)c5)cc4)c23)cc1. The van der Waals surface area contributed by atoms with Gasteiger partial charge in [0.25, 0.3) is 0 Å². The molecule has 0 aliphatic heterocycles. The summed E-state index contributed by atoms with van der Waals surface area (Å²) < 4.78 is 4.78. The fraction of sp³-hybridized carbons (Fsp3) is 0. The molecule has 0 aliphatic carbocycles. The van der Waals surface area contributed by atoms with E-state index in [4.69, 9.17) is 0 Å². The largest absolute Gasteiger partial charge is 0.310 e. The average molecular weight is 854 g/mol. The smallest absolute Gasteiger partial charge is 0.0547 e. The summed E-state index contributed by atoms with van der Waals surface area (Å²) in [6.07, 6.45) is 0. The van der Waals surface area contributed by atoms with Crippen LogP contribution in [0.25, 0.3) is 99.1 Å². The second kappa shape index (κ2) is 16.0. The highest BCUT2D eigenvalue weighted by molar-refractivity contribution is 6.16. The van der Waals surface area contributed by atoms with Gasteiger partial charge in [0, 0.05) is 50.0 Å². The number of hydrogen-bond acceptors (Lipinski definition) is 1. The quantitative estimate of drug-likeness (QED) is 0.148.